The molecule has 0 spiro atoms. The summed E-state index contributed by atoms with van der Waals surface area (Å²) >= 11 is 0. The van der Waals surface area contributed by atoms with Gasteiger partial charge in [0.05, 0.1) is 11.6 Å². The normalized spacial score (nSPS) is 20.7. The van der Waals surface area contributed by atoms with Crippen molar-refractivity contribution in [1.29, 1.82) is 0 Å². The SMILES string of the molecule is C=CCNC(=O)c1ccc(N2CCCC(N3CCNC3=O)C2)nc1. The number of anilines is 1. The van der Waals surface area contributed by atoms with Crippen LogP contribution in [0, 0.1) is 0 Å². The molecule has 1 aromatic rings. The van der Waals surface area contributed by atoms with Crippen molar-refractivity contribution in [2.45, 2.75) is 18.9 Å². The molecule has 7 nitrogen and oxygen atoms in total. The second-order valence-corrected chi connectivity index (χ2v) is 6.07. The molecule has 3 rings (SSSR count). The molecule has 0 radical (unpaired) electrons. The lowest BCUT2D eigenvalue weighted by molar-refractivity contribution is 0.0957. The van der Waals surface area contributed by atoms with Gasteiger partial charge in [0.15, 0.2) is 0 Å². The number of urea groups is 1. The molecule has 7 heteroatoms. The van der Waals surface area contributed by atoms with E-state index in [1.165, 1.54) is 0 Å². The minimum atomic E-state index is -0.154. The van der Waals surface area contributed by atoms with Crippen molar-refractivity contribution in [3.8, 4) is 0 Å². The van der Waals surface area contributed by atoms with E-state index in [1.807, 2.05) is 11.0 Å². The molecule has 3 heterocycles. The Kier molecular flexibility index (Phi) is 4.98. The van der Waals surface area contributed by atoms with Gasteiger partial charge in [0.1, 0.15) is 5.82 Å². The number of nitrogens with zero attached hydrogens (tertiary/aromatic N) is 3. The molecule has 1 unspecified atom stereocenters. The Morgan fingerprint density at radius 2 is 2.33 bits per heavy atom. The van der Waals surface area contributed by atoms with Crippen LogP contribution in [0.2, 0.25) is 0 Å². The van der Waals surface area contributed by atoms with E-state index < -0.39 is 0 Å². The van der Waals surface area contributed by atoms with E-state index in [-0.39, 0.29) is 18.0 Å². The molecule has 2 N–H and O–H groups in total. The van der Waals surface area contributed by atoms with Crippen LogP contribution in [0.5, 0.6) is 0 Å². The minimum Gasteiger partial charge on any atom is -0.355 e. The molecule has 2 saturated heterocycles. The molecule has 2 fully saturated rings. The highest BCUT2D eigenvalue weighted by molar-refractivity contribution is 5.94. The first-order valence-electron chi connectivity index (χ1n) is 8.33. The number of nitrogens with one attached hydrogen (secondary N) is 2. The number of carbonyl (C=O) groups excluding carboxylic acids is 2. The number of amides is 3. The summed E-state index contributed by atoms with van der Waals surface area (Å²) in [5.41, 5.74) is 0.535. The second-order valence-electron chi connectivity index (χ2n) is 6.07. The van der Waals surface area contributed by atoms with Crippen LogP contribution in [0.3, 0.4) is 0 Å². The molecule has 1 aromatic heterocycles. The second kappa shape index (κ2) is 7.33. The average molecular weight is 329 g/mol. The summed E-state index contributed by atoms with van der Waals surface area (Å²) in [5.74, 6) is 0.693. The van der Waals surface area contributed by atoms with Crippen molar-refractivity contribution in [1.82, 2.24) is 20.5 Å². The number of hydrogen-bond acceptors (Lipinski definition) is 4. The summed E-state index contributed by atoms with van der Waals surface area (Å²) in [7, 11) is 0. The molecule has 2 aliphatic rings. The van der Waals surface area contributed by atoms with Gasteiger partial charge < -0.3 is 20.4 Å². The minimum absolute atomic E-state index is 0.0315. The van der Waals surface area contributed by atoms with Gasteiger partial charge >= 0.3 is 6.03 Å². The maximum Gasteiger partial charge on any atom is 0.317 e. The Bertz CT molecular complexity index is 616. The topological polar surface area (TPSA) is 77.6 Å². The standard InChI is InChI=1S/C17H23N5O2/c1-2-7-18-16(23)13-5-6-15(20-11-13)21-9-3-4-14(12-21)22-10-8-19-17(22)24/h2,5-6,11,14H,1,3-4,7-10,12H2,(H,18,23)(H,19,24). The highest BCUT2D eigenvalue weighted by atomic mass is 16.2. The number of pyridine rings is 1. The first-order chi connectivity index (χ1) is 11.7. The Balaban J connectivity index is 1.64. The number of hydrogen-bond donors (Lipinski definition) is 2. The van der Waals surface area contributed by atoms with E-state index in [4.69, 9.17) is 0 Å². The summed E-state index contributed by atoms with van der Waals surface area (Å²) in [5, 5.41) is 5.59. The van der Waals surface area contributed by atoms with Gasteiger partial charge in [0.2, 0.25) is 0 Å². The van der Waals surface area contributed by atoms with Gasteiger partial charge in [-0.25, -0.2) is 9.78 Å². The van der Waals surface area contributed by atoms with E-state index in [9.17, 15) is 9.59 Å². The third-order valence-corrected chi connectivity index (χ3v) is 4.47. The fourth-order valence-corrected chi connectivity index (χ4v) is 3.23. The van der Waals surface area contributed by atoms with E-state index in [1.54, 1.807) is 18.3 Å². The highest BCUT2D eigenvalue weighted by Gasteiger charge is 2.31. The third-order valence-electron chi connectivity index (χ3n) is 4.47. The third kappa shape index (κ3) is 3.50. The van der Waals surface area contributed by atoms with Crippen LogP contribution < -0.4 is 15.5 Å². The number of aromatic nitrogens is 1. The molecule has 1 atom stereocenters. The Morgan fingerprint density at radius 1 is 1.46 bits per heavy atom. The summed E-state index contributed by atoms with van der Waals surface area (Å²) in [6, 6.07) is 3.91. The Morgan fingerprint density at radius 3 is 3.00 bits per heavy atom. The zero-order valence-corrected chi connectivity index (χ0v) is 13.7. The lowest BCUT2D eigenvalue weighted by Gasteiger charge is -2.37. The summed E-state index contributed by atoms with van der Waals surface area (Å²) in [6.07, 6.45) is 5.28. The zero-order valence-electron chi connectivity index (χ0n) is 13.7. The molecule has 2 aliphatic heterocycles. The number of carbonyl (C=O) groups is 2. The van der Waals surface area contributed by atoms with Crippen molar-refractivity contribution in [3.63, 3.8) is 0 Å². The molecule has 0 bridgehead atoms. The number of rotatable bonds is 5. The predicted octanol–water partition coefficient (Wildman–Crippen LogP) is 0.991. The maximum atomic E-state index is 11.9. The van der Waals surface area contributed by atoms with E-state index in [0.717, 1.165) is 44.8 Å². The van der Waals surface area contributed by atoms with Crippen LogP contribution in [0.4, 0.5) is 10.6 Å². The van der Waals surface area contributed by atoms with Crippen LogP contribution >= 0.6 is 0 Å². The maximum absolute atomic E-state index is 11.9. The largest absolute Gasteiger partial charge is 0.355 e. The summed E-state index contributed by atoms with van der Waals surface area (Å²) in [4.78, 5) is 32.3. The Hall–Kier alpha value is -2.57. The van der Waals surface area contributed by atoms with E-state index >= 15 is 0 Å². The molecule has 128 valence electrons. The van der Waals surface area contributed by atoms with E-state index in [0.29, 0.717) is 12.1 Å². The van der Waals surface area contributed by atoms with Gasteiger partial charge in [-0.15, -0.1) is 6.58 Å². The molecule has 0 aromatic carbocycles. The van der Waals surface area contributed by atoms with Crippen LogP contribution in [0.1, 0.15) is 23.2 Å². The molecule has 0 saturated carbocycles. The van der Waals surface area contributed by atoms with Crippen molar-refractivity contribution >= 4 is 17.8 Å². The van der Waals surface area contributed by atoms with Crippen LogP contribution in [-0.4, -0.2) is 60.6 Å². The van der Waals surface area contributed by atoms with Crippen molar-refractivity contribution in [2.24, 2.45) is 0 Å². The fourth-order valence-electron chi connectivity index (χ4n) is 3.23. The molecular weight excluding hydrogens is 306 g/mol. The molecular formula is C17H23N5O2. The quantitative estimate of drug-likeness (QED) is 0.790. The molecule has 0 aliphatic carbocycles. The van der Waals surface area contributed by atoms with Crippen molar-refractivity contribution in [3.05, 3.63) is 36.5 Å². The fraction of sp³-hybridized carbons (Fsp3) is 0.471. The average Bonchev–Trinajstić information content (AvgIpc) is 3.06. The molecule has 3 amide bonds. The highest BCUT2D eigenvalue weighted by Crippen LogP contribution is 2.22. The van der Waals surface area contributed by atoms with Gasteiger partial charge in [-0.3, -0.25) is 4.79 Å². The first kappa shape index (κ1) is 16.3. The monoisotopic (exact) mass is 329 g/mol. The van der Waals surface area contributed by atoms with Crippen LogP contribution in [-0.2, 0) is 0 Å². The van der Waals surface area contributed by atoms with Crippen molar-refractivity contribution < 1.29 is 9.59 Å². The lowest BCUT2D eigenvalue weighted by atomic mass is 10.0. The van der Waals surface area contributed by atoms with Gasteiger partial charge in [-0.2, -0.15) is 0 Å². The van der Waals surface area contributed by atoms with Crippen molar-refractivity contribution in [2.75, 3.05) is 37.6 Å². The van der Waals surface area contributed by atoms with Gasteiger partial charge in [-0.1, -0.05) is 6.08 Å². The van der Waals surface area contributed by atoms with Gasteiger partial charge in [0.25, 0.3) is 5.91 Å². The van der Waals surface area contributed by atoms with Crippen LogP contribution in [0.25, 0.3) is 0 Å². The number of piperidine rings is 1. The molecule has 24 heavy (non-hydrogen) atoms. The Labute approximate surface area is 141 Å². The smallest absolute Gasteiger partial charge is 0.317 e. The van der Waals surface area contributed by atoms with E-state index in [2.05, 4.69) is 27.1 Å². The predicted molar refractivity (Wildman–Crippen MR) is 92.1 cm³/mol. The lowest BCUT2D eigenvalue weighted by Crippen LogP contribution is -2.49. The summed E-state index contributed by atoms with van der Waals surface area (Å²) in [6.45, 7) is 7.21. The summed E-state index contributed by atoms with van der Waals surface area (Å²) < 4.78 is 0. The van der Waals surface area contributed by atoms with Gasteiger partial charge in [0, 0.05) is 38.9 Å². The first-order valence-corrected chi connectivity index (χ1v) is 8.33. The van der Waals surface area contributed by atoms with Gasteiger partial charge in [-0.05, 0) is 25.0 Å². The van der Waals surface area contributed by atoms with Crippen LogP contribution in [0.15, 0.2) is 31.0 Å². The zero-order chi connectivity index (χ0) is 16.9.